The highest BCUT2D eigenvalue weighted by atomic mass is 16.1. The minimum absolute atomic E-state index is 0.0113. The molecule has 0 radical (unpaired) electrons. The summed E-state index contributed by atoms with van der Waals surface area (Å²) >= 11 is 0. The molecule has 6 nitrogen and oxygen atoms in total. The minimum atomic E-state index is -0.0113. The molecule has 2 aromatic rings. The molecule has 0 spiro atoms. The van der Waals surface area contributed by atoms with E-state index < -0.39 is 0 Å². The fourth-order valence-electron chi connectivity index (χ4n) is 1.76. The first-order chi connectivity index (χ1) is 9.74. The minimum Gasteiger partial charge on any atom is -0.351 e. The molecule has 0 saturated heterocycles. The largest absolute Gasteiger partial charge is 0.351 e. The maximum atomic E-state index is 11.6. The lowest BCUT2D eigenvalue weighted by molar-refractivity contribution is -0.120. The lowest BCUT2D eigenvalue weighted by Crippen LogP contribution is -2.34. The molecule has 2 rings (SSSR count). The molecule has 0 fully saturated rings. The van der Waals surface area contributed by atoms with Crippen LogP contribution in [0.2, 0.25) is 0 Å². The Morgan fingerprint density at radius 1 is 1.30 bits per heavy atom. The van der Waals surface area contributed by atoms with Gasteiger partial charge in [0, 0.05) is 26.6 Å². The first-order valence-electron chi connectivity index (χ1n) is 6.60. The number of hydrogen-bond donors (Lipinski definition) is 2. The van der Waals surface area contributed by atoms with E-state index in [2.05, 4.69) is 20.7 Å². The maximum Gasteiger partial charge on any atom is 0.234 e. The van der Waals surface area contributed by atoms with Gasteiger partial charge in [-0.2, -0.15) is 5.10 Å². The van der Waals surface area contributed by atoms with E-state index in [1.54, 1.807) is 11.0 Å². The van der Waals surface area contributed by atoms with Crippen LogP contribution >= 0.6 is 0 Å². The number of benzene rings is 1. The summed E-state index contributed by atoms with van der Waals surface area (Å²) < 4.78 is 1.67. The molecule has 0 bridgehead atoms. The fraction of sp³-hybridized carbons (Fsp3) is 0.357. The summed E-state index contributed by atoms with van der Waals surface area (Å²) in [6, 6.07) is 9.85. The van der Waals surface area contributed by atoms with Crippen molar-refractivity contribution in [2.75, 3.05) is 13.1 Å². The number of amides is 1. The van der Waals surface area contributed by atoms with Gasteiger partial charge in [0.15, 0.2) is 5.82 Å². The molecular formula is C14H19N5O. The molecule has 1 aromatic carbocycles. The quantitative estimate of drug-likeness (QED) is 0.710. The molecule has 20 heavy (non-hydrogen) atoms. The van der Waals surface area contributed by atoms with E-state index in [1.807, 2.05) is 37.4 Å². The number of carbonyl (C=O) groups is 1. The van der Waals surface area contributed by atoms with Crippen LogP contribution in [0.15, 0.2) is 36.7 Å². The van der Waals surface area contributed by atoms with Crippen molar-refractivity contribution >= 4 is 5.91 Å². The van der Waals surface area contributed by atoms with Crippen LogP contribution in [0, 0.1) is 0 Å². The zero-order valence-electron chi connectivity index (χ0n) is 11.5. The summed E-state index contributed by atoms with van der Waals surface area (Å²) in [5, 5.41) is 10.1. The van der Waals surface area contributed by atoms with Crippen molar-refractivity contribution in [3.63, 3.8) is 0 Å². The predicted molar refractivity (Wildman–Crippen MR) is 75.9 cm³/mol. The normalized spacial score (nSPS) is 10.4. The van der Waals surface area contributed by atoms with Crippen LogP contribution in [0.4, 0.5) is 0 Å². The number of aromatic nitrogens is 3. The SMILES string of the molecule is Cn1cnc(CCNCC(=O)NCc2ccccc2)n1. The first kappa shape index (κ1) is 14.2. The van der Waals surface area contributed by atoms with Gasteiger partial charge in [-0.15, -0.1) is 0 Å². The van der Waals surface area contributed by atoms with Crippen LogP contribution in [-0.4, -0.2) is 33.8 Å². The van der Waals surface area contributed by atoms with Crippen molar-refractivity contribution in [3.05, 3.63) is 48.0 Å². The van der Waals surface area contributed by atoms with E-state index in [0.29, 0.717) is 26.1 Å². The summed E-state index contributed by atoms with van der Waals surface area (Å²) in [5.74, 6) is 0.771. The Morgan fingerprint density at radius 2 is 2.10 bits per heavy atom. The van der Waals surface area contributed by atoms with Gasteiger partial charge >= 0.3 is 0 Å². The van der Waals surface area contributed by atoms with E-state index >= 15 is 0 Å². The molecule has 0 atom stereocenters. The van der Waals surface area contributed by atoms with Crippen LogP contribution in [0.3, 0.4) is 0 Å². The molecule has 6 heteroatoms. The molecule has 0 aliphatic rings. The topological polar surface area (TPSA) is 71.8 Å². The van der Waals surface area contributed by atoms with Crippen LogP contribution in [0.1, 0.15) is 11.4 Å². The van der Waals surface area contributed by atoms with Gasteiger partial charge in [-0.3, -0.25) is 9.48 Å². The second-order valence-corrected chi connectivity index (χ2v) is 4.52. The number of carbonyl (C=O) groups excluding carboxylic acids is 1. The zero-order valence-corrected chi connectivity index (χ0v) is 11.5. The van der Waals surface area contributed by atoms with Gasteiger partial charge in [-0.1, -0.05) is 30.3 Å². The van der Waals surface area contributed by atoms with Gasteiger partial charge in [-0.25, -0.2) is 4.98 Å². The molecule has 106 valence electrons. The summed E-state index contributed by atoms with van der Waals surface area (Å²) in [6.07, 6.45) is 2.38. The summed E-state index contributed by atoms with van der Waals surface area (Å²) in [5.41, 5.74) is 1.10. The average Bonchev–Trinajstić information content (AvgIpc) is 2.88. The predicted octanol–water partition coefficient (Wildman–Crippen LogP) is 0.264. The molecule has 0 aliphatic carbocycles. The van der Waals surface area contributed by atoms with E-state index in [9.17, 15) is 4.79 Å². The molecule has 0 saturated carbocycles. The standard InChI is InChI=1S/C14H19N5O/c1-19-11-17-13(18-19)7-8-15-10-14(20)16-9-12-5-3-2-4-6-12/h2-6,11,15H,7-10H2,1H3,(H,16,20). The van der Waals surface area contributed by atoms with Crippen molar-refractivity contribution in [3.8, 4) is 0 Å². The first-order valence-corrected chi connectivity index (χ1v) is 6.60. The maximum absolute atomic E-state index is 11.6. The van der Waals surface area contributed by atoms with Gasteiger partial charge < -0.3 is 10.6 Å². The Kier molecular flexibility index (Phi) is 5.25. The van der Waals surface area contributed by atoms with Crippen molar-refractivity contribution in [1.82, 2.24) is 25.4 Å². The highest BCUT2D eigenvalue weighted by molar-refractivity contribution is 5.77. The lowest BCUT2D eigenvalue weighted by atomic mass is 10.2. The smallest absolute Gasteiger partial charge is 0.234 e. The highest BCUT2D eigenvalue weighted by Crippen LogP contribution is 1.96. The van der Waals surface area contributed by atoms with E-state index in [0.717, 1.165) is 11.4 Å². The van der Waals surface area contributed by atoms with Crippen LogP contribution in [0.25, 0.3) is 0 Å². The van der Waals surface area contributed by atoms with Gasteiger partial charge in [0.05, 0.1) is 6.54 Å². The molecule has 1 aromatic heterocycles. The number of hydrogen-bond acceptors (Lipinski definition) is 4. The van der Waals surface area contributed by atoms with Crippen LogP contribution in [0.5, 0.6) is 0 Å². The summed E-state index contributed by atoms with van der Waals surface area (Å²) in [4.78, 5) is 15.7. The number of aryl methyl sites for hydroxylation is 1. The summed E-state index contributed by atoms with van der Waals surface area (Å²) in [7, 11) is 1.83. The van der Waals surface area contributed by atoms with E-state index in [-0.39, 0.29) is 5.91 Å². The number of nitrogens with zero attached hydrogens (tertiary/aromatic N) is 3. The number of rotatable bonds is 7. The third-order valence-electron chi connectivity index (χ3n) is 2.79. The Bertz CT molecular complexity index is 538. The van der Waals surface area contributed by atoms with Gasteiger partial charge in [0.25, 0.3) is 0 Å². The second-order valence-electron chi connectivity index (χ2n) is 4.52. The molecular weight excluding hydrogens is 254 g/mol. The van der Waals surface area contributed by atoms with Crippen molar-refractivity contribution in [1.29, 1.82) is 0 Å². The monoisotopic (exact) mass is 273 g/mol. The molecule has 1 heterocycles. The van der Waals surface area contributed by atoms with Crippen molar-refractivity contribution < 1.29 is 4.79 Å². The molecule has 0 unspecified atom stereocenters. The van der Waals surface area contributed by atoms with Crippen molar-refractivity contribution in [2.24, 2.45) is 7.05 Å². The lowest BCUT2D eigenvalue weighted by Gasteiger charge is -2.06. The second kappa shape index (κ2) is 7.40. The van der Waals surface area contributed by atoms with Gasteiger partial charge in [-0.05, 0) is 5.56 Å². The third kappa shape index (κ3) is 4.81. The fourth-order valence-corrected chi connectivity index (χ4v) is 1.76. The molecule has 2 N–H and O–H groups in total. The average molecular weight is 273 g/mol. The Morgan fingerprint density at radius 3 is 2.80 bits per heavy atom. The van der Waals surface area contributed by atoms with Crippen LogP contribution < -0.4 is 10.6 Å². The van der Waals surface area contributed by atoms with E-state index in [1.165, 1.54) is 0 Å². The Balaban J connectivity index is 1.58. The number of nitrogens with one attached hydrogen (secondary N) is 2. The van der Waals surface area contributed by atoms with Crippen LogP contribution in [-0.2, 0) is 24.8 Å². The Hall–Kier alpha value is -2.21. The Labute approximate surface area is 118 Å². The van der Waals surface area contributed by atoms with E-state index in [4.69, 9.17) is 0 Å². The zero-order chi connectivity index (χ0) is 14.2. The molecule has 1 amide bonds. The third-order valence-corrected chi connectivity index (χ3v) is 2.79. The highest BCUT2D eigenvalue weighted by Gasteiger charge is 2.02. The van der Waals surface area contributed by atoms with Crippen molar-refractivity contribution in [2.45, 2.75) is 13.0 Å². The summed E-state index contributed by atoms with van der Waals surface area (Å²) in [6.45, 7) is 1.55. The van der Waals surface area contributed by atoms with Gasteiger partial charge in [0.2, 0.25) is 5.91 Å². The van der Waals surface area contributed by atoms with Gasteiger partial charge in [0.1, 0.15) is 6.33 Å². The molecule has 0 aliphatic heterocycles.